The van der Waals surface area contributed by atoms with Gasteiger partial charge in [0.05, 0.1) is 11.1 Å². The number of allylic oxidation sites excluding steroid dienone is 2. The van der Waals surface area contributed by atoms with E-state index in [1.165, 1.54) is 25.7 Å². The van der Waals surface area contributed by atoms with Crippen LogP contribution in [0.5, 0.6) is 0 Å². The van der Waals surface area contributed by atoms with Crippen molar-refractivity contribution in [3.05, 3.63) is 23.3 Å². The lowest BCUT2D eigenvalue weighted by Gasteiger charge is -2.05. The van der Waals surface area contributed by atoms with Gasteiger partial charge in [-0.1, -0.05) is 50.7 Å². The summed E-state index contributed by atoms with van der Waals surface area (Å²) in [7, 11) is 0. The second kappa shape index (κ2) is 11.4. The van der Waals surface area contributed by atoms with Gasteiger partial charge in [-0.2, -0.15) is 0 Å². The number of cyclic esters (lactones) is 2. The van der Waals surface area contributed by atoms with Gasteiger partial charge in [0, 0.05) is 0 Å². The molecule has 2 N–H and O–H groups in total. The van der Waals surface area contributed by atoms with Crippen LogP contribution in [0.1, 0.15) is 78.1 Å². The number of aliphatic hydroxyl groups excluding tert-OH is 2. The summed E-state index contributed by atoms with van der Waals surface area (Å²) in [5.74, 6) is -0.769. The van der Waals surface area contributed by atoms with Gasteiger partial charge >= 0.3 is 11.9 Å². The van der Waals surface area contributed by atoms with Gasteiger partial charge in [0.15, 0.2) is 0 Å². The number of carbonyl (C=O) groups excluding carboxylic acids is 2. The summed E-state index contributed by atoms with van der Waals surface area (Å²) in [6, 6.07) is 0. The average Bonchev–Trinajstić information content (AvgIpc) is 3.04. The zero-order valence-corrected chi connectivity index (χ0v) is 17.1. The zero-order valence-electron chi connectivity index (χ0n) is 17.1. The van der Waals surface area contributed by atoms with Crippen LogP contribution < -0.4 is 0 Å². The van der Waals surface area contributed by atoms with E-state index in [4.69, 9.17) is 9.47 Å². The summed E-state index contributed by atoms with van der Waals surface area (Å²) in [6.07, 6.45) is 11.8. The Labute approximate surface area is 167 Å². The molecule has 2 aliphatic heterocycles. The van der Waals surface area contributed by atoms with Crippen LogP contribution in [0.2, 0.25) is 0 Å². The van der Waals surface area contributed by atoms with Crippen molar-refractivity contribution in [3.8, 4) is 0 Å². The van der Waals surface area contributed by atoms with E-state index < -0.39 is 24.4 Å². The van der Waals surface area contributed by atoms with E-state index in [-0.39, 0.29) is 11.9 Å². The summed E-state index contributed by atoms with van der Waals surface area (Å²) in [5, 5.41) is 19.7. The largest absolute Gasteiger partial charge is 0.456 e. The van der Waals surface area contributed by atoms with Crippen LogP contribution in [0.15, 0.2) is 23.3 Å². The van der Waals surface area contributed by atoms with Gasteiger partial charge in [0.1, 0.15) is 24.4 Å². The molecule has 0 amide bonds. The Morgan fingerprint density at radius 2 is 1.00 bits per heavy atom. The highest BCUT2D eigenvalue weighted by Gasteiger charge is 2.35. The molecule has 0 aliphatic carbocycles. The van der Waals surface area contributed by atoms with Gasteiger partial charge in [-0.05, 0) is 39.5 Å². The predicted octanol–water partition coefficient (Wildman–Crippen LogP) is 3.35. The van der Waals surface area contributed by atoms with Crippen LogP contribution in [0.3, 0.4) is 0 Å². The van der Waals surface area contributed by atoms with Crippen LogP contribution in [0.4, 0.5) is 0 Å². The maximum Gasteiger partial charge on any atom is 0.336 e. The molecule has 0 bridgehead atoms. The standard InChI is InChI=1S/C22H34O6/c1-15-19(23)17(21(25)27-15)13-11-9-7-5-3-4-6-8-10-12-14-18-20(24)16(2)28-22(18)26/h13-16,19-20,23-24H,3-12H2,1-2H3. The SMILES string of the molecule is CC1OC(=O)C(=CCCCCCCCCCCC=C2C(=O)OC(C)C2O)C1O. The molecule has 2 aliphatic rings. The first-order chi connectivity index (χ1) is 13.4. The van der Waals surface area contributed by atoms with E-state index >= 15 is 0 Å². The fraction of sp³-hybridized carbons (Fsp3) is 0.727. The normalized spacial score (nSPS) is 30.3. The van der Waals surface area contributed by atoms with Crippen LogP contribution in [0.25, 0.3) is 0 Å². The molecule has 6 heteroatoms. The fourth-order valence-corrected chi connectivity index (χ4v) is 3.62. The Balaban J connectivity index is 1.44. The Morgan fingerprint density at radius 1 is 0.679 bits per heavy atom. The molecule has 158 valence electrons. The van der Waals surface area contributed by atoms with Crippen molar-refractivity contribution >= 4 is 11.9 Å². The molecule has 2 fully saturated rings. The number of aliphatic hydroxyl groups is 2. The van der Waals surface area contributed by atoms with Gasteiger partial charge in [-0.15, -0.1) is 0 Å². The van der Waals surface area contributed by atoms with Crippen LogP contribution in [-0.2, 0) is 19.1 Å². The highest BCUT2D eigenvalue weighted by molar-refractivity contribution is 5.92. The quantitative estimate of drug-likeness (QED) is 0.317. The molecular weight excluding hydrogens is 360 g/mol. The number of carbonyl (C=O) groups is 2. The first kappa shape index (κ1) is 22.6. The molecule has 0 radical (unpaired) electrons. The lowest BCUT2D eigenvalue weighted by molar-refractivity contribution is -0.139. The lowest BCUT2D eigenvalue weighted by Crippen LogP contribution is -2.17. The molecule has 0 spiro atoms. The molecule has 2 heterocycles. The zero-order chi connectivity index (χ0) is 20.5. The van der Waals surface area contributed by atoms with Gasteiger partial charge in [-0.25, -0.2) is 9.59 Å². The number of hydrogen-bond donors (Lipinski definition) is 2. The maximum absolute atomic E-state index is 11.5. The third-order valence-electron chi connectivity index (χ3n) is 5.47. The van der Waals surface area contributed by atoms with Crippen LogP contribution in [-0.4, -0.2) is 46.6 Å². The molecule has 28 heavy (non-hydrogen) atoms. The van der Waals surface area contributed by atoms with Crippen molar-refractivity contribution in [2.45, 2.75) is 102 Å². The van der Waals surface area contributed by atoms with Crippen molar-refractivity contribution in [1.82, 2.24) is 0 Å². The second-order valence-corrected chi connectivity index (χ2v) is 7.84. The van der Waals surface area contributed by atoms with E-state index in [2.05, 4.69) is 0 Å². The Morgan fingerprint density at radius 3 is 1.29 bits per heavy atom. The topological polar surface area (TPSA) is 93.1 Å². The minimum atomic E-state index is -0.783. The van der Waals surface area contributed by atoms with Gasteiger partial charge in [0.25, 0.3) is 0 Å². The molecule has 0 aromatic rings. The average molecular weight is 395 g/mol. The van der Waals surface area contributed by atoms with Crippen molar-refractivity contribution in [1.29, 1.82) is 0 Å². The number of ether oxygens (including phenoxy) is 2. The first-order valence-electron chi connectivity index (χ1n) is 10.6. The first-order valence-corrected chi connectivity index (χ1v) is 10.6. The van der Waals surface area contributed by atoms with E-state index in [0.717, 1.165) is 38.5 Å². The van der Waals surface area contributed by atoms with E-state index in [0.29, 0.717) is 11.1 Å². The molecule has 4 unspecified atom stereocenters. The maximum atomic E-state index is 11.5. The summed E-state index contributed by atoms with van der Waals surface area (Å²) in [6.45, 7) is 3.40. The number of unbranched alkanes of at least 4 members (excludes halogenated alkanes) is 9. The minimum absolute atomic E-state index is 0.385. The highest BCUT2D eigenvalue weighted by Crippen LogP contribution is 2.23. The summed E-state index contributed by atoms with van der Waals surface area (Å²) >= 11 is 0. The van der Waals surface area contributed by atoms with E-state index in [1.807, 2.05) is 12.2 Å². The summed E-state index contributed by atoms with van der Waals surface area (Å²) in [4.78, 5) is 23.1. The molecule has 6 nitrogen and oxygen atoms in total. The monoisotopic (exact) mass is 394 g/mol. The molecule has 2 rings (SSSR count). The molecule has 0 aromatic heterocycles. The minimum Gasteiger partial charge on any atom is -0.456 e. The third kappa shape index (κ3) is 6.45. The van der Waals surface area contributed by atoms with Crippen molar-refractivity contribution < 1.29 is 29.3 Å². The van der Waals surface area contributed by atoms with Crippen LogP contribution >= 0.6 is 0 Å². The molecule has 4 atom stereocenters. The van der Waals surface area contributed by atoms with Crippen molar-refractivity contribution in [2.24, 2.45) is 0 Å². The second-order valence-electron chi connectivity index (χ2n) is 7.84. The molecule has 0 aromatic carbocycles. The van der Waals surface area contributed by atoms with E-state index in [1.54, 1.807) is 13.8 Å². The van der Waals surface area contributed by atoms with Gasteiger partial charge in [0.2, 0.25) is 0 Å². The smallest absolute Gasteiger partial charge is 0.336 e. The highest BCUT2D eigenvalue weighted by atomic mass is 16.6. The number of hydrogen-bond acceptors (Lipinski definition) is 6. The van der Waals surface area contributed by atoms with Gasteiger partial charge in [-0.3, -0.25) is 0 Å². The number of esters is 2. The molecular formula is C22H34O6. The van der Waals surface area contributed by atoms with Crippen LogP contribution in [0, 0.1) is 0 Å². The van der Waals surface area contributed by atoms with Gasteiger partial charge < -0.3 is 19.7 Å². The summed E-state index contributed by atoms with van der Waals surface area (Å²) in [5.41, 5.74) is 0.825. The lowest BCUT2D eigenvalue weighted by atomic mass is 10.0. The number of rotatable bonds is 11. The third-order valence-corrected chi connectivity index (χ3v) is 5.47. The summed E-state index contributed by atoms with van der Waals surface area (Å²) < 4.78 is 9.97. The van der Waals surface area contributed by atoms with Crippen molar-refractivity contribution in [2.75, 3.05) is 0 Å². The molecule has 0 saturated carbocycles. The Hall–Kier alpha value is -1.66. The van der Waals surface area contributed by atoms with E-state index in [9.17, 15) is 19.8 Å². The Kier molecular flexibility index (Phi) is 9.19. The van der Waals surface area contributed by atoms with Crippen molar-refractivity contribution in [3.63, 3.8) is 0 Å². The Bertz CT molecular complexity index is 542. The fourth-order valence-electron chi connectivity index (χ4n) is 3.62. The predicted molar refractivity (Wildman–Crippen MR) is 105 cm³/mol. The molecule has 2 saturated heterocycles.